The highest BCUT2D eigenvalue weighted by molar-refractivity contribution is 5.82. The maximum Gasteiger partial charge on any atom is 0.222 e. The summed E-state index contributed by atoms with van der Waals surface area (Å²) in [6, 6.07) is 10.3. The Labute approximate surface area is 171 Å². The number of benzene rings is 1. The van der Waals surface area contributed by atoms with Gasteiger partial charge in [0.15, 0.2) is 0 Å². The first-order valence-corrected chi connectivity index (χ1v) is 10.7. The van der Waals surface area contributed by atoms with Crippen molar-refractivity contribution in [3.05, 3.63) is 42.1 Å². The van der Waals surface area contributed by atoms with Crippen LogP contribution in [-0.2, 0) is 20.7 Å². The summed E-state index contributed by atoms with van der Waals surface area (Å²) in [5.41, 5.74) is 2.24. The quantitative estimate of drug-likeness (QED) is 0.782. The Morgan fingerprint density at radius 2 is 2.10 bits per heavy atom. The first-order valence-electron chi connectivity index (χ1n) is 10.7. The first kappa shape index (κ1) is 19.8. The maximum atomic E-state index is 12.5. The van der Waals surface area contributed by atoms with Gasteiger partial charge in [0, 0.05) is 43.4 Å². The van der Waals surface area contributed by atoms with Gasteiger partial charge in [0.05, 0.1) is 24.8 Å². The van der Waals surface area contributed by atoms with Crippen molar-refractivity contribution in [2.45, 2.75) is 44.6 Å². The number of nitrogens with zero attached hydrogens (tertiary/aromatic N) is 2. The van der Waals surface area contributed by atoms with Gasteiger partial charge in [0.25, 0.3) is 0 Å². The number of pyridine rings is 1. The predicted octanol–water partition coefficient (Wildman–Crippen LogP) is 2.70. The monoisotopic (exact) mass is 395 g/mol. The van der Waals surface area contributed by atoms with E-state index in [2.05, 4.69) is 22.4 Å². The van der Waals surface area contributed by atoms with Crippen LogP contribution in [-0.4, -0.2) is 54.0 Å². The number of piperidine rings is 1. The Balaban J connectivity index is 1.29. The van der Waals surface area contributed by atoms with Crippen LogP contribution in [0.15, 0.2) is 36.5 Å². The van der Waals surface area contributed by atoms with E-state index in [1.54, 1.807) is 0 Å². The van der Waals surface area contributed by atoms with E-state index in [0.717, 1.165) is 36.7 Å². The van der Waals surface area contributed by atoms with Gasteiger partial charge in [0.2, 0.25) is 11.8 Å². The van der Waals surface area contributed by atoms with E-state index in [0.29, 0.717) is 39.0 Å². The molecule has 2 atom stereocenters. The lowest BCUT2D eigenvalue weighted by Gasteiger charge is -2.26. The van der Waals surface area contributed by atoms with E-state index in [1.807, 2.05) is 29.3 Å². The summed E-state index contributed by atoms with van der Waals surface area (Å²) in [7, 11) is 0. The van der Waals surface area contributed by atoms with E-state index in [1.165, 1.54) is 5.56 Å². The molecule has 154 valence electrons. The summed E-state index contributed by atoms with van der Waals surface area (Å²) in [4.78, 5) is 30.6. The number of rotatable bonds is 7. The predicted molar refractivity (Wildman–Crippen MR) is 111 cm³/mol. The topological polar surface area (TPSA) is 71.5 Å². The van der Waals surface area contributed by atoms with E-state index < -0.39 is 0 Å². The molecule has 2 fully saturated rings. The van der Waals surface area contributed by atoms with E-state index in [9.17, 15) is 9.59 Å². The van der Waals surface area contributed by atoms with Crippen molar-refractivity contribution in [3.63, 3.8) is 0 Å². The molecule has 1 aromatic carbocycles. The molecule has 2 aliphatic rings. The van der Waals surface area contributed by atoms with E-state index in [-0.39, 0.29) is 23.8 Å². The third-order valence-corrected chi connectivity index (χ3v) is 6.02. The third kappa shape index (κ3) is 4.93. The highest BCUT2D eigenvalue weighted by atomic mass is 16.5. The number of aromatic nitrogens is 1. The normalized spacial score (nSPS) is 22.2. The van der Waals surface area contributed by atoms with Crippen LogP contribution in [0.1, 0.15) is 37.7 Å². The number of carbonyl (C=O) groups excluding carboxylic acids is 2. The van der Waals surface area contributed by atoms with Crippen LogP contribution in [0.3, 0.4) is 0 Å². The van der Waals surface area contributed by atoms with Crippen LogP contribution >= 0.6 is 0 Å². The molecule has 0 bridgehead atoms. The highest BCUT2D eigenvalue weighted by Crippen LogP contribution is 2.24. The molecule has 6 heteroatoms. The average molecular weight is 396 g/mol. The van der Waals surface area contributed by atoms with Crippen LogP contribution in [0.2, 0.25) is 0 Å². The third-order valence-electron chi connectivity index (χ3n) is 6.02. The van der Waals surface area contributed by atoms with Gasteiger partial charge in [-0.1, -0.05) is 18.2 Å². The second-order valence-corrected chi connectivity index (χ2v) is 8.10. The first-order chi connectivity index (χ1) is 14.2. The summed E-state index contributed by atoms with van der Waals surface area (Å²) >= 11 is 0. The molecule has 0 unspecified atom stereocenters. The summed E-state index contributed by atoms with van der Waals surface area (Å²) in [6.45, 7) is 2.73. The van der Waals surface area contributed by atoms with Crippen LogP contribution in [0.25, 0.3) is 10.9 Å². The van der Waals surface area contributed by atoms with Gasteiger partial charge in [-0.15, -0.1) is 0 Å². The Bertz CT molecular complexity index is 864. The smallest absolute Gasteiger partial charge is 0.222 e. The minimum Gasteiger partial charge on any atom is -0.379 e. The van der Waals surface area contributed by atoms with E-state index in [4.69, 9.17) is 4.74 Å². The van der Waals surface area contributed by atoms with Gasteiger partial charge >= 0.3 is 0 Å². The zero-order chi connectivity index (χ0) is 20.1. The van der Waals surface area contributed by atoms with Crippen molar-refractivity contribution in [1.29, 1.82) is 0 Å². The molecule has 1 aromatic heterocycles. The summed E-state index contributed by atoms with van der Waals surface area (Å²) in [5, 5.41) is 4.33. The summed E-state index contributed by atoms with van der Waals surface area (Å²) in [5.74, 6) is 0.536. The van der Waals surface area contributed by atoms with Gasteiger partial charge in [0.1, 0.15) is 0 Å². The van der Waals surface area contributed by atoms with Gasteiger partial charge in [-0.05, 0) is 43.4 Å². The van der Waals surface area contributed by atoms with Crippen molar-refractivity contribution < 1.29 is 14.3 Å². The SMILES string of the molecule is O=C(CCCN1CCCCC1=O)N[C@@H]1COC[C@H]1Cc1ccnc2ccccc12. The van der Waals surface area contributed by atoms with Gasteiger partial charge in [-0.2, -0.15) is 0 Å². The number of amides is 2. The molecule has 0 aliphatic carbocycles. The lowest BCUT2D eigenvalue weighted by atomic mass is 9.93. The molecule has 29 heavy (non-hydrogen) atoms. The minimum atomic E-state index is 0.0334. The van der Waals surface area contributed by atoms with Crippen molar-refractivity contribution in [3.8, 4) is 0 Å². The molecule has 0 radical (unpaired) electrons. The fraction of sp³-hybridized carbons (Fsp3) is 0.522. The fourth-order valence-corrected chi connectivity index (χ4v) is 4.38. The molecule has 6 nitrogen and oxygen atoms in total. The van der Waals surface area contributed by atoms with Gasteiger partial charge in [-0.25, -0.2) is 0 Å². The second-order valence-electron chi connectivity index (χ2n) is 8.10. The lowest BCUT2D eigenvalue weighted by Crippen LogP contribution is -2.41. The Morgan fingerprint density at radius 1 is 1.21 bits per heavy atom. The van der Waals surface area contributed by atoms with E-state index >= 15 is 0 Å². The molecular weight excluding hydrogens is 366 g/mol. The number of para-hydroxylation sites is 1. The zero-order valence-corrected chi connectivity index (χ0v) is 16.8. The number of hydrogen-bond acceptors (Lipinski definition) is 4. The summed E-state index contributed by atoms with van der Waals surface area (Å²) < 4.78 is 5.69. The molecule has 1 N–H and O–H groups in total. The van der Waals surface area contributed by atoms with Crippen LogP contribution in [0.4, 0.5) is 0 Å². The molecular formula is C23H29N3O3. The lowest BCUT2D eigenvalue weighted by molar-refractivity contribution is -0.133. The average Bonchev–Trinajstić information content (AvgIpc) is 3.16. The maximum absolute atomic E-state index is 12.5. The molecule has 2 amide bonds. The molecule has 0 spiro atoms. The molecule has 0 saturated carbocycles. The van der Waals surface area contributed by atoms with Crippen LogP contribution in [0, 0.1) is 5.92 Å². The van der Waals surface area contributed by atoms with Gasteiger partial charge < -0.3 is 15.0 Å². The number of hydrogen-bond donors (Lipinski definition) is 1. The fourth-order valence-electron chi connectivity index (χ4n) is 4.38. The standard InChI is InChI=1S/C23H29N3O3/c27-22(8-5-13-26-12-4-3-9-23(26)28)25-21-16-29-15-18(21)14-17-10-11-24-20-7-2-1-6-19(17)20/h1-2,6-7,10-11,18,21H,3-5,8-9,12-16H2,(H,25,27)/t18-,21-/m1/s1. The number of ether oxygens (including phenoxy) is 1. The Hall–Kier alpha value is -2.47. The number of likely N-dealkylation sites (tertiary alicyclic amines) is 1. The summed E-state index contributed by atoms with van der Waals surface area (Å²) in [6.07, 6.45) is 6.58. The van der Waals surface area contributed by atoms with Crippen LogP contribution < -0.4 is 5.32 Å². The highest BCUT2D eigenvalue weighted by Gasteiger charge is 2.30. The largest absolute Gasteiger partial charge is 0.379 e. The van der Waals surface area contributed by atoms with Crippen LogP contribution in [0.5, 0.6) is 0 Å². The number of nitrogens with one attached hydrogen (secondary N) is 1. The second kappa shape index (κ2) is 9.35. The zero-order valence-electron chi connectivity index (χ0n) is 16.8. The van der Waals surface area contributed by atoms with Crippen molar-refractivity contribution in [2.24, 2.45) is 5.92 Å². The van der Waals surface area contributed by atoms with Gasteiger partial charge in [-0.3, -0.25) is 14.6 Å². The molecule has 3 heterocycles. The molecule has 2 aliphatic heterocycles. The van der Waals surface area contributed by atoms with Crippen molar-refractivity contribution in [2.75, 3.05) is 26.3 Å². The molecule has 2 saturated heterocycles. The number of fused-ring (bicyclic) bond motifs is 1. The minimum absolute atomic E-state index is 0.0334. The molecule has 2 aromatic rings. The van der Waals surface area contributed by atoms with Crippen molar-refractivity contribution in [1.82, 2.24) is 15.2 Å². The Kier molecular flexibility index (Phi) is 6.39. The molecule has 4 rings (SSSR count). The van der Waals surface area contributed by atoms with Crippen molar-refractivity contribution >= 4 is 22.7 Å². The Morgan fingerprint density at radius 3 is 3.00 bits per heavy atom. The number of carbonyl (C=O) groups is 2.